The van der Waals surface area contributed by atoms with Crippen LogP contribution in [0.15, 0.2) is 34.9 Å². The second kappa shape index (κ2) is 7.33. The molecule has 1 N–H and O–H groups in total. The molecule has 0 radical (unpaired) electrons. The molecular weight excluding hydrogens is 272 g/mol. The zero-order chi connectivity index (χ0) is 15.1. The lowest BCUT2D eigenvalue weighted by Gasteiger charge is -2.08. The highest BCUT2D eigenvalue weighted by molar-refractivity contribution is 5.77. The number of aromatic nitrogens is 1. The molecule has 0 fully saturated rings. The third kappa shape index (κ3) is 4.83. The van der Waals surface area contributed by atoms with E-state index in [4.69, 9.17) is 14.0 Å². The number of nitrogens with one attached hydrogen (secondary N) is 1. The molecule has 6 nitrogen and oxygen atoms in total. The van der Waals surface area contributed by atoms with Gasteiger partial charge in [0.15, 0.2) is 6.61 Å². The van der Waals surface area contributed by atoms with Gasteiger partial charge < -0.3 is 19.3 Å². The minimum Gasteiger partial charge on any atom is -0.497 e. The van der Waals surface area contributed by atoms with Crippen LogP contribution in [0.5, 0.6) is 11.5 Å². The van der Waals surface area contributed by atoms with Crippen molar-refractivity contribution in [3.05, 3.63) is 41.8 Å². The van der Waals surface area contributed by atoms with E-state index in [2.05, 4.69) is 10.5 Å². The Labute approximate surface area is 123 Å². The van der Waals surface area contributed by atoms with Crippen molar-refractivity contribution in [2.75, 3.05) is 20.3 Å². The normalized spacial score (nSPS) is 10.2. The fourth-order valence-corrected chi connectivity index (χ4v) is 1.75. The zero-order valence-electron chi connectivity index (χ0n) is 12.1. The third-order valence-electron chi connectivity index (χ3n) is 2.78. The number of rotatable bonds is 7. The summed E-state index contributed by atoms with van der Waals surface area (Å²) < 4.78 is 15.5. The van der Waals surface area contributed by atoms with Gasteiger partial charge in [-0.15, -0.1) is 0 Å². The van der Waals surface area contributed by atoms with Crippen LogP contribution >= 0.6 is 0 Å². The summed E-state index contributed by atoms with van der Waals surface area (Å²) in [5, 5.41) is 6.54. The Bertz CT molecular complexity index is 595. The highest BCUT2D eigenvalue weighted by Crippen LogP contribution is 2.18. The number of amides is 1. The molecule has 0 aliphatic rings. The van der Waals surface area contributed by atoms with Crippen LogP contribution in [-0.2, 0) is 11.2 Å². The van der Waals surface area contributed by atoms with Gasteiger partial charge in [0.2, 0.25) is 0 Å². The molecule has 112 valence electrons. The quantitative estimate of drug-likeness (QED) is 0.840. The number of nitrogens with zero attached hydrogens (tertiary/aromatic N) is 1. The molecule has 2 rings (SSSR count). The topological polar surface area (TPSA) is 73.6 Å². The molecule has 1 aromatic carbocycles. The summed E-state index contributed by atoms with van der Waals surface area (Å²) in [4.78, 5) is 11.7. The van der Waals surface area contributed by atoms with Crippen molar-refractivity contribution in [3.63, 3.8) is 0 Å². The number of hydrogen-bond acceptors (Lipinski definition) is 5. The third-order valence-corrected chi connectivity index (χ3v) is 2.78. The fraction of sp³-hybridized carbons (Fsp3) is 0.333. The summed E-state index contributed by atoms with van der Waals surface area (Å²) in [6, 6.07) is 8.96. The smallest absolute Gasteiger partial charge is 0.257 e. The minimum absolute atomic E-state index is 0.0391. The Hall–Kier alpha value is -2.50. The molecule has 0 saturated heterocycles. The second-order valence-electron chi connectivity index (χ2n) is 4.50. The Morgan fingerprint density at radius 3 is 2.86 bits per heavy atom. The maximum Gasteiger partial charge on any atom is 0.257 e. The number of benzene rings is 1. The molecule has 0 aliphatic carbocycles. The van der Waals surface area contributed by atoms with Crippen molar-refractivity contribution in [1.29, 1.82) is 0 Å². The first-order chi connectivity index (χ1) is 10.2. The van der Waals surface area contributed by atoms with Crippen LogP contribution < -0.4 is 14.8 Å². The van der Waals surface area contributed by atoms with E-state index in [1.165, 1.54) is 0 Å². The van der Waals surface area contributed by atoms with Crippen LogP contribution in [-0.4, -0.2) is 31.3 Å². The van der Waals surface area contributed by atoms with Crippen LogP contribution in [0, 0.1) is 6.92 Å². The van der Waals surface area contributed by atoms with Crippen LogP contribution in [0.1, 0.15) is 11.5 Å². The fourth-order valence-electron chi connectivity index (χ4n) is 1.75. The average molecular weight is 290 g/mol. The van der Waals surface area contributed by atoms with Crippen molar-refractivity contribution in [1.82, 2.24) is 10.5 Å². The number of aryl methyl sites for hydroxylation is 1. The minimum atomic E-state index is -0.186. The molecule has 1 amide bonds. The monoisotopic (exact) mass is 290 g/mol. The lowest BCUT2D eigenvalue weighted by molar-refractivity contribution is -0.123. The lowest BCUT2D eigenvalue weighted by atomic mass is 10.3. The van der Waals surface area contributed by atoms with Gasteiger partial charge in [-0.3, -0.25) is 4.79 Å². The van der Waals surface area contributed by atoms with Gasteiger partial charge in [-0.25, -0.2) is 0 Å². The van der Waals surface area contributed by atoms with Crippen LogP contribution in [0.25, 0.3) is 0 Å². The van der Waals surface area contributed by atoms with E-state index < -0.39 is 0 Å². The van der Waals surface area contributed by atoms with E-state index in [0.717, 1.165) is 11.5 Å². The molecule has 6 heteroatoms. The van der Waals surface area contributed by atoms with E-state index in [1.807, 2.05) is 19.1 Å². The van der Waals surface area contributed by atoms with Crippen molar-refractivity contribution in [2.24, 2.45) is 0 Å². The lowest BCUT2D eigenvalue weighted by Crippen LogP contribution is -2.30. The average Bonchev–Trinajstić information content (AvgIpc) is 2.91. The largest absolute Gasteiger partial charge is 0.497 e. The number of carbonyl (C=O) groups excluding carboxylic acids is 1. The van der Waals surface area contributed by atoms with Gasteiger partial charge in [0, 0.05) is 25.1 Å². The van der Waals surface area contributed by atoms with Crippen LogP contribution in [0.2, 0.25) is 0 Å². The van der Waals surface area contributed by atoms with E-state index in [1.54, 1.807) is 25.3 Å². The molecule has 1 heterocycles. The molecule has 0 spiro atoms. The number of ether oxygens (including phenoxy) is 2. The van der Waals surface area contributed by atoms with E-state index in [9.17, 15) is 4.79 Å². The summed E-state index contributed by atoms with van der Waals surface area (Å²) in [5.41, 5.74) is 0.831. The first-order valence-corrected chi connectivity index (χ1v) is 6.63. The maximum absolute atomic E-state index is 11.7. The molecule has 2 aromatic rings. The van der Waals surface area contributed by atoms with Crippen molar-refractivity contribution in [3.8, 4) is 11.5 Å². The van der Waals surface area contributed by atoms with E-state index in [0.29, 0.717) is 24.5 Å². The van der Waals surface area contributed by atoms with Gasteiger partial charge in [-0.1, -0.05) is 11.2 Å². The highest BCUT2D eigenvalue weighted by atomic mass is 16.5. The molecule has 0 saturated carbocycles. The molecule has 1 aromatic heterocycles. The summed E-state index contributed by atoms with van der Waals surface area (Å²) >= 11 is 0. The molecule has 0 bridgehead atoms. The Morgan fingerprint density at radius 2 is 2.14 bits per heavy atom. The van der Waals surface area contributed by atoms with Gasteiger partial charge in [0.1, 0.15) is 17.3 Å². The Balaban J connectivity index is 1.69. The first-order valence-electron chi connectivity index (χ1n) is 6.63. The predicted molar refractivity (Wildman–Crippen MR) is 76.4 cm³/mol. The number of carbonyl (C=O) groups is 1. The van der Waals surface area contributed by atoms with E-state index in [-0.39, 0.29) is 12.5 Å². The molecule has 0 unspecified atom stereocenters. The van der Waals surface area contributed by atoms with E-state index >= 15 is 0 Å². The standard InChI is InChI=1S/C15H18N2O4/c1-11-8-14(21-17-11)6-7-16-15(18)10-20-13-5-3-4-12(9-13)19-2/h3-5,8-9H,6-7,10H2,1-2H3,(H,16,18). The van der Waals surface area contributed by atoms with Gasteiger partial charge in [-0.2, -0.15) is 0 Å². The highest BCUT2D eigenvalue weighted by Gasteiger charge is 2.05. The van der Waals surface area contributed by atoms with Gasteiger partial charge in [-0.05, 0) is 19.1 Å². The molecule has 0 aliphatic heterocycles. The summed E-state index contributed by atoms with van der Waals surface area (Å²) in [5.74, 6) is 1.85. The summed E-state index contributed by atoms with van der Waals surface area (Å²) in [6.07, 6.45) is 0.603. The zero-order valence-corrected chi connectivity index (χ0v) is 12.1. The van der Waals surface area contributed by atoms with Gasteiger partial charge >= 0.3 is 0 Å². The van der Waals surface area contributed by atoms with Crippen LogP contribution in [0.3, 0.4) is 0 Å². The number of methoxy groups -OCH3 is 1. The Morgan fingerprint density at radius 1 is 1.33 bits per heavy atom. The summed E-state index contributed by atoms with van der Waals surface area (Å²) in [6.45, 7) is 2.30. The van der Waals surface area contributed by atoms with Crippen LogP contribution in [0.4, 0.5) is 0 Å². The molecule has 0 atom stereocenters. The second-order valence-corrected chi connectivity index (χ2v) is 4.50. The predicted octanol–water partition coefficient (Wildman–Crippen LogP) is 1.73. The van der Waals surface area contributed by atoms with Crippen molar-refractivity contribution < 1.29 is 18.8 Å². The Kier molecular flexibility index (Phi) is 5.20. The summed E-state index contributed by atoms with van der Waals surface area (Å²) in [7, 11) is 1.58. The van der Waals surface area contributed by atoms with Crippen molar-refractivity contribution >= 4 is 5.91 Å². The van der Waals surface area contributed by atoms with Crippen molar-refractivity contribution in [2.45, 2.75) is 13.3 Å². The van der Waals surface area contributed by atoms with Gasteiger partial charge in [0.25, 0.3) is 5.91 Å². The SMILES string of the molecule is COc1cccc(OCC(=O)NCCc2cc(C)no2)c1. The first kappa shape index (κ1) is 14.9. The van der Waals surface area contributed by atoms with Gasteiger partial charge in [0.05, 0.1) is 12.8 Å². The molecular formula is C15H18N2O4. The maximum atomic E-state index is 11.7. The number of hydrogen-bond donors (Lipinski definition) is 1. The molecule has 21 heavy (non-hydrogen) atoms.